The van der Waals surface area contributed by atoms with Crippen LogP contribution in [0.3, 0.4) is 0 Å². The van der Waals surface area contributed by atoms with E-state index in [0.717, 1.165) is 0 Å². The lowest BCUT2D eigenvalue weighted by molar-refractivity contribution is 1.21. The molecule has 1 rings (SSSR count). The molecule has 0 bridgehead atoms. The standard InChI is InChI=1S/C16H22/c1-7-9-15-11(3)13(5)16(10-8-2)14(6)12(15)4/h7-10H,1-6H3. The van der Waals surface area contributed by atoms with Crippen molar-refractivity contribution >= 4 is 12.2 Å². The van der Waals surface area contributed by atoms with Gasteiger partial charge < -0.3 is 0 Å². The Balaban J connectivity index is 3.62. The Hall–Kier alpha value is -1.30. The van der Waals surface area contributed by atoms with Crippen LogP contribution < -0.4 is 0 Å². The molecular formula is C16H22. The van der Waals surface area contributed by atoms with Crippen molar-refractivity contribution in [3.8, 4) is 0 Å². The van der Waals surface area contributed by atoms with Gasteiger partial charge in [-0.2, -0.15) is 0 Å². The van der Waals surface area contributed by atoms with Crippen LogP contribution in [0.15, 0.2) is 12.2 Å². The fraction of sp³-hybridized carbons (Fsp3) is 0.375. The molecule has 0 aliphatic heterocycles. The molecule has 0 aromatic heterocycles. The van der Waals surface area contributed by atoms with Gasteiger partial charge in [0.15, 0.2) is 0 Å². The zero-order valence-electron chi connectivity index (χ0n) is 11.3. The molecule has 1 aromatic carbocycles. The van der Waals surface area contributed by atoms with E-state index in [-0.39, 0.29) is 0 Å². The van der Waals surface area contributed by atoms with E-state index in [0.29, 0.717) is 0 Å². The first-order chi connectivity index (χ1) is 7.54. The Morgan fingerprint density at radius 1 is 0.562 bits per heavy atom. The highest BCUT2D eigenvalue weighted by molar-refractivity contribution is 5.69. The van der Waals surface area contributed by atoms with Crippen molar-refractivity contribution in [3.63, 3.8) is 0 Å². The molecule has 0 spiro atoms. The average molecular weight is 214 g/mol. The van der Waals surface area contributed by atoms with E-state index in [1.54, 1.807) is 0 Å². The Bertz CT molecular complexity index is 374. The minimum absolute atomic E-state index is 1.38. The molecule has 0 saturated carbocycles. The van der Waals surface area contributed by atoms with Gasteiger partial charge in [0, 0.05) is 0 Å². The molecule has 0 atom stereocenters. The molecular weight excluding hydrogens is 192 g/mol. The van der Waals surface area contributed by atoms with Gasteiger partial charge in [-0.25, -0.2) is 0 Å². The van der Waals surface area contributed by atoms with Crippen LogP contribution in [0.1, 0.15) is 47.2 Å². The van der Waals surface area contributed by atoms with Gasteiger partial charge >= 0.3 is 0 Å². The first-order valence-corrected chi connectivity index (χ1v) is 5.90. The minimum Gasteiger partial charge on any atom is -0.0870 e. The molecule has 0 heterocycles. The predicted molar refractivity (Wildman–Crippen MR) is 74.8 cm³/mol. The van der Waals surface area contributed by atoms with E-state index in [9.17, 15) is 0 Å². The van der Waals surface area contributed by atoms with Gasteiger partial charge in [-0.05, 0) is 74.9 Å². The topological polar surface area (TPSA) is 0 Å². The molecule has 0 heteroatoms. The largest absolute Gasteiger partial charge is 0.0870 e. The second-order valence-corrected chi connectivity index (χ2v) is 4.33. The second kappa shape index (κ2) is 5.16. The third-order valence-corrected chi connectivity index (χ3v) is 3.41. The van der Waals surface area contributed by atoms with Gasteiger partial charge in [-0.3, -0.25) is 0 Å². The van der Waals surface area contributed by atoms with E-state index in [1.807, 2.05) is 0 Å². The van der Waals surface area contributed by atoms with Gasteiger partial charge in [0.1, 0.15) is 0 Å². The molecule has 0 N–H and O–H groups in total. The summed E-state index contributed by atoms with van der Waals surface area (Å²) in [5.74, 6) is 0. The SMILES string of the molecule is CC=Cc1c(C)c(C)c(C=CC)c(C)c1C. The molecule has 0 radical (unpaired) electrons. The molecule has 0 saturated heterocycles. The highest BCUT2D eigenvalue weighted by Crippen LogP contribution is 2.28. The number of allylic oxidation sites excluding steroid dienone is 2. The quantitative estimate of drug-likeness (QED) is 0.651. The number of hydrogen-bond donors (Lipinski definition) is 0. The maximum absolute atomic E-state index is 2.21. The fourth-order valence-corrected chi connectivity index (χ4v) is 2.20. The highest BCUT2D eigenvalue weighted by Gasteiger charge is 2.10. The zero-order chi connectivity index (χ0) is 12.3. The zero-order valence-corrected chi connectivity index (χ0v) is 11.3. The van der Waals surface area contributed by atoms with Crippen LogP contribution in [0.4, 0.5) is 0 Å². The summed E-state index contributed by atoms with van der Waals surface area (Å²) in [6.45, 7) is 13.0. The number of hydrogen-bond acceptors (Lipinski definition) is 0. The van der Waals surface area contributed by atoms with E-state index >= 15 is 0 Å². The van der Waals surface area contributed by atoms with Crippen LogP contribution >= 0.6 is 0 Å². The Kier molecular flexibility index (Phi) is 4.12. The molecule has 0 fully saturated rings. The second-order valence-electron chi connectivity index (χ2n) is 4.33. The fourth-order valence-electron chi connectivity index (χ4n) is 2.20. The number of rotatable bonds is 2. The molecule has 86 valence electrons. The first kappa shape index (κ1) is 12.8. The molecule has 16 heavy (non-hydrogen) atoms. The van der Waals surface area contributed by atoms with Crippen molar-refractivity contribution in [2.24, 2.45) is 0 Å². The van der Waals surface area contributed by atoms with Gasteiger partial charge in [-0.15, -0.1) is 0 Å². The van der Waals surface area contributed by atoms with E-state index in [1.165, 1.54) is 33.4 Å². The van der Waals surface area contributed by atoms with Crippen molar-refractivity contribution in [2.75, 3.05) is 0 Å². The molecule has 0 aliphatic rings. The number of benzene rings is 1. The lowest BCUT2D eigenvalue weighted by Gasteiger charge is -2.16. The summed E-state index contributed by atoms with van der Waals surface area (Å²) in [6.07, 6.45) is 8.65. The van der Waals surface area contributed by atoms with E-state index < -0.39 is 0 Å². The summed E-state index contributed by atoms with van der Waals surface area (Å²) in [7, 11) is 0. The van der Waals surface area contributed by atoms with Crippen molar-refractivity contribution in [2.45, 2.75) is 41.5 Å². The van der Waals surface area contributed by atoms with E-state index in [4.69, 9.17) is 0 Å². The predicted octanol–water partition coefficient (Wildman–Crippen LogP) is 4.99. The maximum atomic E-state index is 2.21. The van der Waals surface area contributed by atoms with Crippen LogP contribution in [-0.2, 0) is 0 Å². The molecule has 0 unspecified atom stereocenters. The smallest absolute Gasteiger partial charge is 0.0196 e. The van der Waals surface area contributed by atoms with Crippen LogP contribution in [0.2, 0.25) is 0 Å². The van der Waals surface area contributed by atoms with Crippen molar-refractivity contribution < 1.29 is 0 Å². The van der Waals surface area contributed by atoms with Crippen LogP contribution in [-0.4, -0.2) is 0 Å². The van der Waals surface area contributed by atoms with Crippen molar-refractivity contribution in [3.05, 3.63) is 45.5 Å². The van der Waals surface area contributed by atoms with Crippen LogP contribution in [0.25, 0.3) is 12.2 Å². The van der Waals surface area contributed by atoms with Gasteiger partial charge in [-0.1, -0.05) is 24.3 Å². The molecule has 0 nitrogen and oxygen atoms in total. The summed E-state index contributed by atoms with van der Waals surface area (Å²) in [4.78, 5) is 0. The average Bonchev–Trinajstić information content (AvgIpc) is 2.28. The maximum Gasteiger partial charge on any atom is -0.0196 e. The Morgan fingerprint density at radius 3 is 1.00 bits per heavy atom. The Morgan fingerprint density at radius 2 is 0.812 bits per heavy atom. The van der Waals surface area contributed by atoms with E-state index in [2.05, 4.69) is 65.8 Å². The van der Waals surface area contributed by atoms with Gasteiger partial charge in [0.2, 0.25) is 0 Å². The monoisotopic (exact) mass is 214 g/mol. The van der Waals surface area contributed by atoms with Gasteiger partial charge in [0.25, 0.3) is 0 Å². The summed E-state index contributed by atoms with van der Waals surface area (Å²) in [5, 5.41) is 0. The normalized spacial score (nSPS) is 11.9. The summed E-state index contributed by atoms with van der Waals surface area (Å²) >= 11 is 0. The lowest BCUT2D eigenvalue weighted by atomic mass is 9.88. The first-order valence-electron chi connectivity index (χ1n) is 5.90. The summed E-state index contributed by atoms with van der Waals surface area (Å²) < 4.78 is 0. The van der Waals surface area contributed by atoms with Crippen LogP contribution in [0, 0.1) is 27.7 Å². The van der Waals surface area contributed by atoms with Gasteiger partial charge in [0.05, 0.1) is 0 Å². The third kappa shape index (κ3) is 2.11. The lowest BCUT2D eigenvalue weighted by Crippen LogP contribution is -1.99. The highest BCUT2D eigenvalue weighted by atomic mass is 14.1. The molecule has 0 amide bonds. The van der Waals surface area contributed by atoms with Crippen molar-refractivity contribution in [1.82, 2.24) is 0 Å². The van der Waals surface area contributed by atoms with Crippen LogP contribution in [0.5, 0.6) is 0 Å². The minimum atomic E-state index is 1.38. The molecule has 0 aliphatic carbocycles. The third-order valence-electron chi connectivity index (χ3n) is 3.41. The van der Waals surface area contributed by atoms with Crippen molar-refractivity contribution in [1.29, 1.82) is 0 Å². The summed E-state index contributed by atoms with van der Waals surface area (Å²) in [5.41, 5.74) is 8.35. The summed E-state index contributed by atoms with van der Waals surface area (Å²) in [6, 6.07) is 0. The Labute approximate surface area is 99.7 Å². The molecule has 1 aromatic rings.